The highest BCUT2D eigenvalue weighted by Gasteiger charge is 2.00. The van der Waals surface area contributed by atoms with E-state index in [2.05, 4.69) is 19.4 Å². The van der Waals surface area contributed by atoms with Crippen molar-refractivity contribution >= 4 is 38.2 Å². The van der Waals surface area contributed by atoms with Crippen molar-refractivity contribution in [2.75, 3.05) is 6.61 Å². The van der Waals surface area contributed by atoms with Crippen LogP contribution in [-0.4, -0.2) is 25.7 Å². The van der Waals surface area contributed by atoms with E-state index in [1.54, 1.807) is 11.0 Å². The molecule has 0 aliphatic carbocycles. The smallest absolute Gasteiger partial charge is 0.179 e. The van der Waals surface area contributed by atoms with Crippen molar-refractivity contribution in [3.05, 3.63) is 46.7 Å². The normalized spacial score (nSPS) is 11.8. The van der Waals surface area contributed by atoms with Crippen molar-refractivity contribution in [3.63, 3.8) is 0 Å². The summed E-state index contributed by atoms with van der Waals surface area (Å²) in [6.07, 6.45) is 3.15. The van der Waals surface area contributed by atoms with Crippen LogP contribution in [0.4, 0.5) is 5.69 Å². The standard InChI is InChI=1S/C12H10ClN5OS2/c13-11-12(20-21-17-11)16-9-2-1-3-10(6-9)19-5-4-18-8-14-7-15-18/h1-3,6-8H,4-5H2. The number of aromatic nitrogens is 4. The number of halogens is 1. The van der Waals surface area contributed by atoms with E-state index in [4.69, 9.17) is 16.3 Å². The van der Waals surface area contributed by atoms with Gasteiger partial charge >= 0.3 is 0 Å². The molecule has 2 aromatic heterocycles. The molecule has 0 unspecified atom stereocenters. The minimum atomic E-state index is 0.433. The van der Waals surface area contributed by atoms with E-state index in [-0.39, 0.29) is 0 Å². The first kappa shape index (κ1) is 14.2. The fourth-order valence-electron chi connectivity index (χ4n) is 1.59. The van der Waals surface area contributed by atoms with Gasteiger partial charge in [0.15, 0.2) is 9.82 Å². The third-order valence-corrected chi connectivity index (χ3v) is 4.68. The summed E-state index contributed by atoms with van der Waals surface area (Å²) < 4.78 is 12.1. The SMILES string of the molecule is Clc1nssc1=Nc1cccc(OCCn2cncn2)c1. The van der Waals surface area contributed by atoms with Crippen LogP contribution in [0.1, 0.15) is 0 Å². The predicted molar refractivity (Wildman–Crippen MR) is 82.2 cm³/mol. The number of hydrogen-bond donors (Lipinski definition) is 0. The Morgan fingerprint density at radius 2 is 2.33 bits per heavy atom. The first-order valence-corrected chi connectivity index (χ1v) is 8.51. The van der Waals surface area contributed by atoms with Gasteiger partial charge in [-0.05, 0) is 22.5 Å². The number of benzene rings is 1. The Balaban J connectivity index is 1.67. The molecule has 21 heavy (non-hydrogen) atoms. The Hall–Kier alpha value is -1.77. The van der Waals surface area contributed by atoms with E-state index in [0.29, 0.717) is 23.0 Å². The molecule has 0 aliphatic rings. The minimum Gasteiger partial charge on any atom is -0.492 e. The van der Waals surface area contributed by atoms with Crippen LogP contribution in [0.5, 0.6) is 5.75 Å². The lowest BCUT2D eigenvalue weighted by molar-refractivity contribution is 0.291. The van der Waals surface area contributed by atoms with Gasteiger partial charge in [0.05, 0.1) is 12.2 Å². The minimum absolute atomic E-state index is 0.433. The number of hydrogen-bond acceptors (Lipinski definition) is 7. The molecular weight excluding hydrogens is 330 g/mol. The van der Waals surface area contributed by atoms with Crippen LogP contribution in [0.25, 0.3) is 0 Å². The van der Waals surface area contributed by atoms with Crippen molar-refractivity contribution in [1.29, 1.82) is 0 Å². The highest BCUT2D eigenvalue weighted by molar-refractivity contribution is 7.66. The van der Waals surface area contributed by atoms with E-state index < -0.39 is 0 Å². The molecule has 6 nitrogen and oxygen atoms in total. The van der Waals surface area contributed by atoms with Gasteiger partial charge in [-0.25, -0.2) is 14.7 Å². The quantitative estimate of drug-likeness (QED) is 0.670. The summed E-state index contributed by atoms with van der Waals surface area (Å²) >= 11 is 5.94. The molecule has 0 N–H and O–H groups in total. The Morgan fingerprint density at radius 3 is 3.10 bits per heavy atom. The zero-order chi connectivity index (χ0) is 14.5. The first-order valence-electron chi connectivity index (χ1n) is 6.03. The van der Waals surface area contributed by atoms with E-state index in [1.165, 1.54) is 27.2 Å². The molecule has 0 saturated heterocycles. The van der Waals surface area contributed by atoms with Gasteiger partial charge in [-0.1, -0.05) is 17.7 Å². The Labute approximate surface area is 132 Å². The van der Waals surface area contributed by atoms with Gasteiger partial charge in [0.2, 0.25) is 0 Å². The van der Waals surface area contributed by atoms with Gasteiger partial charge in [0.25, 0.3) is 0 Å². The lowest BCUT2D eigenvalue weighted by atomic mass is 10.3. The number of ether oxygens (including phenoxy) is 1. The topological polar surface area (TPSA) is 65.2 Å². The molecule has 0 amide bonds. The molecule has 3 rings (SSSR count). The molecule has 9 heteroatoms. The second kappa shape index (κ2) is 6.79. The Bertz CT molecular complexity index is 768. The average molecular weight is 340 g/mol. The monoisotopic (exact) mass is 339 g/mol. The predicted octanol–water partition coefficient (Wildman–Crippen LogP) is 2.76. The third-order valence-electron chi connectivity index (χ3n) is 2.51. The van der Waals surface area contributed by atoms with Crippen LogP contribution in [-0.2, 0) is 6.54 Å². The fourth-order valence-corrected chi connectivity index (χ4v) is 3.58. The van der Waals surface area contributed by atoms with E-state index >= 15 is 0 Å². The molecule has 0 atom stereocenters. The van der Waals surface area contributed by atoms with Gasteiger partial charge in [0.1, 0.15) is 25.0 Å². The highest BCUT2D eigenvalue weighted by Crippen LogP contribution is 2.20. The molecule has 0 fully saturated rings. The van der Waals surface area contributed by atoms with E-state index in [9.17, 15) is 0 Å². The van der Waals surface area contributed by atoms with Gasteiger partial charge in [-0.2, -0.15) is 9.47 Å². The largest absolute Gasteiger partial charge is 0.492 e. The van der Waals surface area contributed by atoms with Crippen molar-refractivity contribution in [3.8, 4) is 5.75 Å². The molecule has 108 valence electrons. The molecule has 2 heterocycles. The van der Waals surface area contributed by atoms with Crippen molar-refractivity contribution < 1.29 is 4.74 Å². The van der Waals surface area contributed by atoms with Crippen LogP contribution in [0.3, 0.4) is 0 Å². The number of nitrogens with zero attached hydrogens (tertiary/aromatic N) is 5. The summed E-state index contributed by atoms with van der Waals surface area (Å²) in [4.78, 5) is 8.32. The van der Waals surface area contributed by atoms with Crippen molar-refractivity contribution in [1.82, 2.24) is 19.1 Å². The maximum atomic E-state index is 5.94. The van der Waals surface area contributed by atoms with Crippen molar-refractivity contribution in [2.24, 2.45) is 4.99 Å². The van der Waals surface area contributed by atoms with Crippen LogP contribution in [0.15, 0.2) is 41.9 Å². The third kappa shape index (κ3) is 3.87. The second-order valence-electron chi connectivity index (χ2n) is 3.96. The second-order valence-corrected chi connectivity index (χ2v) is 6.15. The summed E-state index contributed by atoms with van der Waals surface area (Å²) in [5.41, 5.74) is 0.784. The summed E-state index contributed by atoms with van der Waals surface area (Å²) in [6, 6.07) is 7.53. The molecule has 0 radical (unpaired) electrons. The zero-order valence-corrected chi connectivity index (χ0v) is 13.1. The van der Waals surface area contributed by atoms with Crippen LogP contribution in [0, 0.1) is 0 Å². The molecular formula is C12H10ClN5OS2. The van der Waals surface area contributed by atoms with Crippen LogP contribution < -0.4 is 9.41 Å². The van der Waals surface area contributed by atoms with Crippen LogP contribution in [0.2, 0.25) is 5.15 Å². The van der Waals surface area contributed by atoms with E-state index in [0.717, 1.165) is 11.4 Å². The summed E-state index contributed by atoms with van der Waals surface area (Å²) in [7, 11) is 2.76. The fraction of sp³-hybridized carbons (Fsp3) is 0.167. The summed E-state index contributed by atoms with van der Waals surface area (Å²) in [6.45, 7) is 1.15. The first-order chi connectivity index (χ1) is 10.3. The van der Waals surface area contributed by atoms with Gasteiger partial charge in [-0.3, -0.25) is 0 Å². The maximum absolute atomic E-state index is 5.94. The average Bonchev–Trinajstić information content (AvgIpc) is 3.12. The Kier molecular flexibility index (Phi) is 4.59. The summed E-state index contributed by atoms with van der Waals surface area (Å²) in [5, 5.41) is 4.45. The lowest BCUT2D eigenvalue weighted by Crippen LogP contribution is -2.08. The van der Waals surface area contributed by atoms with Gasteiger partial charge < -0.3 is 4.74 Å². The Morgan fingerprint density at radius 1 is 1.38 bits per heavy atom. The van der Waals surface area contributed by atoms with Crippen LogP contribution >= 0.6 is 32.5 Å². The molecule has 0 aliphatic heterocycles. The summed E-state index contributed by atoms with van der Waals surface area (Å²) in [5.74, 6) is 0.751. The number of rotatable bonds is 5. The zero-order valence-electron chi connectivity index (χ0n) is 10.7. The maximum Gasteiger partial charge on any atom is 0.179 e. The molecule has 0 spiro atoms. The highest BCUT2D eigenvalue weighted by atomic mass is 35.5. The molecule has 3 aromatic rings. The van der Waals surface area contributed by atoms with Gasteiger partial charge in [-0.15, -0.1) is 0 Å². The lowest BCUT2D eigenvalue weighted by Gasteiger charge is -2.06. The van der Waals surface area contributed by atoms with Gasteiger partial charge in [0, 0.05) is 16.6 Å². The molecule has 1 aromatic carbocycles. The van der Waals surface area contributed by atoms with Crippen molar-refractivity contribution in [2.45, 2.75) is 6.54 Å². The molecule has 0 bridgehead atoms. The van der Waals surface area contributed by atoms with E-state index in [1.807, 2.05) is 24.3 Å². The molecule has 0 saturated carbocycles.